The zero-order valence-electron chi connectivity index (χ0n) is 10.7. The quantitative estimate of drug-likeness (QED) is 0.868. The summed E-state index contributed by atoms with van der Waals surface area (Å²) < 4.78 is 6.27. The fourth-order valence-electron chi connectivity index (χ4n) is 1.74. The summed E-state index contributed by atoms with van der Waals surface area (Å²) in [6, 6.07) is 7.50. The monoisotopic (exact) mass is 320 g/mol. The van der Waals surface area contributed by atoms with Crippen LogP contribution in [0.3, 0.4) is 0 Å². The lowest BCUT2D eigenvalue weighted by molar-refractivity contribution is -0.116. The normalized spacial score (nSPS) is 10.3. The summed E-state index contributed by atoms with van der Waals surface area (Å²) in [6.45, 7) is 1.52. The average Bonchev–Trinajstić information content (AvgIpc) is 2.38. The first-order chi connectivity index (χ1) is 9.10. The van der Waals surface area contributed by atoms with Crippen LogP contribution < -0.4 is 4.74 Å². The summed E-state index contributed by atoms with van der Waals surface area (Å²) in [4.78, 5) is 19.6. The summed E-state index contributed by atoms with van der Waals surface area (Å²) in [5.74, 6) is 1.29. The first-order valence-corrected chi connectivity index (χ1v) is 6.54. The Kier molecular flexibility index (Phi) is 4.27. The second-order valence-electron chi connectivity index (χ2n) is 4.08. The fourth-order valence-corrected chi connectivity index (χ4v) is 2.10. The van der Waals surface area contributed by atoms with Crippen molar-refractivity contribution in [2.24, 2.45) is 0 Å². The second-order valence-corrected chi connectivity index (χ2v) is 5.00. The van der Waals surface area contributed by atoms with Gasteiger partial charge >= 0.3 is 0 Å². The summed E-state index contributed by atoms with van der Waals surface area (Å²) in [7, 11) is 1.62. The Morgan fingerprint density at radius 2 is 2.16 bits per heavy atom. The van der Waals surface area contributed by atoms with Crippen LogP contribution >= 0.6 is 15.9 Å². The summed E-state index contributed by atoms with van der Waals surface area (Å²) >= 11 is 3.43. The highest BCUT2D eigenvalue weighted by atomic mass is 79.9. The van der Waals surface area contributed by atoms with Gasteiger partial charge in [-0.15, -0.1) is 0 Å². The van der Waals surface area contributed by atoms with E-state index >= 15 is 0 Å². The molecular formula is C14H13BrN2O2. The number of methoxy groups -OCH3 is 1. The van der Waals surface area contributed by atoms with Crippen LogP contribution in [0.5, 0.6) is 5.75 Å². The van der Waals surface area contributed by atoms with Crippen molar-refractivity contribution in [2.45, 2.75) is 13.3 Å². The molecule has 0 saturated carbocycles. The second kappa shape index (κ2) is 5.93. The molecule has 2 aromatic rings. The molecule has 1 heterocycles. The number of hydrogen-bond donors (Lipinski definition) is 0. The van der Waals surface area contributed by atoms with Gasteiger partial charge in [0.1, 0.15) is 17.4 Å². The molecule has 98 valence electrons. The van der Waals surface area contributed by atoms with E-state index in [1.165, 1.54) is 6.92 Å². The molecule has 0 saturated heterocycles. The molecule has 1 aromatic heterocycles. The zero-order valence-corrected chi connectivity index (χ0v) is 12.3. The van der Waals surface area contributed by atoms with Gasteiger partial charge in [-0.25, -0.2) is 9.97 Å². The molecule has 0 N–H and O–H groups in total. The van der Waals surface area contributed by atoms with E-state index in [9.17, 15) is 4.79 Å². The van der Waals surface area contributed by atoms with Gasteiger partial charge in [0.15, 0.2) is 0 Å². The van der Waals surface area contributed by atoms with Crippen LogP contribution in [0.2, 0.25) is 0 Å². The average molecular weight is 321 g/mol. The van der Waals surface area contributed by atoms with Crippen LogP contribution in [0.4, 0.5) is 0 Å². The molecule has 1 aromatic carbocycles. The molecule has 5 heteroatoms. The third-order valence-corrected chi connectivity index (χ3v) is 3.04. The van der Waals surface area contributed by atoms with Crippen molar-refractivity contribution < 1.29 is 9.53 Å². The Morgan fingerprint density at radius 1 is 1.37 bits per heavy atom. The van der Waals surface area contributed by atoms with E-state index in [-0.39, 0.29) is 12.2 Å². The minimum absolute atomic E-state index is 0.0401. The third-order valence-electron chi connectivity index (χ3n) is 2.55. The number of aromatic nitrogens is 2. The molecule has 0 aliphatic carbocycles. The molecule has 0 aliphatic rings. The van der Waals surface area contributed by atoms with Gasteiger partial charge in [-0.2, -0.15) is 0 Å². The van der Waals surface area contributed by atoms with Crippen molar-refractivity contribution in [1.82, 2.24) is 9.97 Å². The largest absolute Gasteiger partial charge is 0.496 e. The van der Waals surface area contributed by atoms with E-state index in [1.807, 2.05) is 18.2 Å². The summed E-state index contributed by atoms with van der Waals surface area (Å²) in [5.41, 5.74) is 1.61. The number of ether oxygens (including phenoxy) is 1. The van der Waals surface area contributed by atoms with Gasteiger partial charge in [0, 0.05) is 16.2 Å². The summed E-state index contributed by atoms with van der Waals surface area (Å²) in [6.07, 6.45) is 1.89. The van der Waals surface area contributed by atoms with Crippen LogP contribution in [0.1, 0.15) is 12.7 Å². The van der Waals surface area contributed by atoms with Crippen LogP contribution in [-0.2, 0) is 11.2 Å². The highest BCUT2D eigenvalue weighted by Crippen LogP contribution is 2.31. The van der Waals surface area contributed by atoms with Crippen LogP contribution in [0, 0.1) is 0 Å². The van der Waals surface area contributed by atoms with Crippen molar-refractivity contribution in [3.63, 3.8) is 0 Å². The maximum absolute atomic E-state index is 11.1. The van der Waals surface area contributed by atoms with Gasteiger partial charge < -0.3 is 4.74 Å². The molecule has 0 aliphatic heterocycles. The first-order valence-electron chi connectivity index (χ1n) is 5.75. The topological polar surface area (TPSA) is 52.1 Å². The van der Waals surface area contributed by atoms with Gasteiger partial charge in [0.25, 0.3) is 0 Å². The standard InChI is InChI=1S/C14H13BrN2O2/c1-9(18)7-14-16-6-5-12(17-14)11-8-10(15)3-4-13(11)19-2/h3-6,8H,7H2,1-2H3. The lowest BCUT2D eigenvalue weighted by Gasteiger charge is -2.09. The molecule has 0 spiro atoms. The third kappa shape index (κ3) is 3.38. The van der Waals surface area contributed by atoms with Crippen LogP contribution in [-0.4, -0.2) is 22.9 Å². The lowest BCUT2D eigenvalue weighted by atomic mass is 10.1. The van der Waals surface area contributed by atoms with E-state index < -0.39 is 0 Å². The minimum Gasteiger partial charge on any atom is -0.496 e. The predicted octanol–water partition coefficient (Wildman–Crippen LogP) is 3.05. The number of carbonyl (C=O) groups excluding carboxylic acids is 1. The van der Waals surface area contributed by atoms with E-state index in [1.54, 1.807) is 19.4 Å². The van der Waals surface area contributed by atoms with Gasteiger partial charge in [-0.3, -0.25) is 4.79 Å². The molecule has 19 heavy (non-hydrogen) atoms. The highest BCUT2D eigenvalue weighted by molar-refractivity contribution is 9.10. The molecule has 0 unspecified atom stereocenters. The maximum atomic E-state index is 11.1. The molecule has 2 rings (SSSR count). The number of rotatable bonds is 4. The number of halogens is 1. The van der Waals surface area contributed by atoms with Gasteiger partial charge in [-0.1, -0.05) is 15.9 Å². The van der Waals surface area contributed by atoms with Gasteiger partial charge in [0.05, 0.1) is 19.2 Å². The number of Topliss-reactive ketones (excluding diaryl/α,β-unsaturated/α-hetero) is 1. The van der Waals surface area contributed by atoms with Gasteiger partial charge in [0.2, 0.25) is 0 Å². The minimum atomic E-state index is 0.0401. The summed E-state index contributed by atoms with van der Waals surface area (Å²) in [5, 5.41) is 0. The number of carbonyl (C=O) groups is 1. The Balaban J connectivity index is 2.46. The first kappa shape index (κ1) is 13.7. The number of nitrogens with zero attached hydrogens (tertiary/aromatic N) is 2. The van der Waals surface area contributed by atoms with Crippen LogP contribution in [0.25, 0.3) is 11.3 Å². The number of ketones is 1. The number of benzene rings is 1. The molecule has 0 bridgehead atoms. The van der Waals surface area contributed by atoms with Crippen molar-refractivity contribution in [1.29, 1.82) is 0 Å². The van der Waals surface area contributed by atoms with E-state index in [2.05, 4.69) is 25.9 Å². The highest BCUT2D eigenvalue weighted by Gasteiger charge is 2.10. The molecule has 0 atom stereocenters. The van der Waals surface area contributed by atoms with E-state index in [0.29, 0.717) is 5.82 Å². The van der Waals surface area contributed by atoms with Crippen molar-refractivity contribution in [2.75, 3.05) is 7.11 Å². The fraction of sp³-hybridized carbons (Fsp3) is 0.214. The smallest absolute Gasteiger partial charge is 0.137 e. The molecule has 0 fully saturated rings. The van der Waals surface area contributed by atoms with E-state index in [4.69, 9.17) is 4.74 Å². The Bertz CT molecular complexity index is 614. The van der Waals surface area contributed by atoms with Crippen LogP contribution in [0.15, 0.2) is 34.9 Å². The Morgan fingerprint density at radius 3 is 2.84 bits per heavy atom. The molecule has 0 amide bonds. The Labute approximate surface area is 120 Å². The SMILES string of the molecule is COc1ccc(Br)cc1-c1ccnc(CC(C)=O)n1. The predicted molar refractivity (Wildman–Crippen MR) is 76.1 cm³/mol. The zero-order chi connectivity index (χ0) is 13.8. The maximum Gasteiger partial charge on any atom is 0.137 e. The van der Waals surface area contributed by atoms with Crippen molar-refractivity contribution in [3.05, 3.63) is 40.8 Å². The Hall–Kier alpha value is -1.75. The lowest BCUT2D eigenvalue weighted by Crippen LogP contribution is -2.03. The molecular weight excluding hydrogens is 308 g/mol. The molecule has 0 radical (unpaired) electrons. The van der Waals surface area contributed by atoms with Crippen molar-refractivity contribution in [3.8, 4) is 17.0 Å². The van der Waals surface area contributed by atoms with Gasteiger partial charge in [-0.05, 0) is 31.2 Å². The van der Waals surface area contributed by atoms with Crippen molar-refractivity contribution >= 4 is 21.7 Å². The molecule has 4 nitrogen and oxygen atoms in total. The number of hydrogen-bond acceptors (Lipinski definition) is 4. The van der Waals surface area contributed by atoms with E-state index in [0.717, 1.165) is 21.5 Å².